The molecule has 2 aromatic rings. The van der Waals surface area contributed by atoms with Crippen LogP contribution < -0.4 is 5.32 Å². The first kappa shape index (κ1) is 10.5. The molecule has 0 bridgehead atoms. The SMILES string of the molecule is CNC1(c2ccccc2)CCc2oncc2C1. The van der Waals surface area contributed by atoms with E-state index in [-0.39, 0.29) is 5.54 Å². The molecule has 1 N–H and O–H groups in total. The Morgan fingerprint density at radius 1 is 1.29 bits per heavy atom. The Kier molecular flexibility index (Phi) is 2.48. The van der Waals surface area contributed by atoms with Gasteiger partial charge in [-0.3, -0.25) is 0 Å². The fraction of sp³-hybridized carbons (Fsp3) is 0.357. The smallest absolute Gasteiger partial charge is 0.140 e. The van der Waals surface area contributed by atoms with Crippen LogP contribution in [-0.2, 0) is 18.4 Å². The van der Waals surface area contributed by atoms with Gasteiger partial charge in [0.05, 0.1) is 6.20 Å². The first-order chi connectivity index (χ1) is 8.34. The summed E-state index contributed by atoms with van der Waals surface area (Å²) in [6.45, 7) is 0. The van der Waals surface area contributed by atoms with Gasteiger partial charge >= 0.3 is 0 Å². The number of nitrogens with zero attached hydrogens (tertiary/aromatic N) is 1. The van der Waals surface area contributed by atoms with Gasteiger partial charge in [0, 0.05) is 17.5 Å². The Labute approximate surface area is 101 Å². The highest BCUT2D eigenvalue weighted by Gasteiger charge is 2.36. The van der Waals surface area contributed by atoms with E-state index in [1.165, 1.54) is 11.1 Å². The van der Waals surface area contributed by atoms with Crippen LogP contribution in [0.25, 0.3) is 0 Å². The van der Waals surface area contributed by atoms with Gasteiger partial charge in [0.15, 0.2) is 0 Å². The molecule has 0 aliphatic heterocycles. The third-order valence-corrected chi connectivity index (χ3v) is 3.81. The lowest BCUT2D eigenvalue weighted by Gasteiger charge is -2.36. The van der Waals surface area contributed by atoms with Crippen LogP contribution in [0.2, 0.25) is 0 Å². The maximum atomic E-state index is 5.25. The van der Waals surface area contributed by atoms with Gasteiger partial charge in [-0.05, 0) is 25.5 Å². The highest BCUT2D eigenvalue weighted by molar-refractivity contribution is 5.32. The van der Waals surface area contributed by atoms with E-state index < -0.39 is 0 Å². The molecular formula is C14H16N2O. The number of aromatic nitrogens is 1. The lowest BCUT2D eigenvalue weighted by atomic mass is 9.76. The topological polar surface area (TPSA) is 38.1 Å². The van der Waals surface area contributed by atoms with Crippen molar-refractivity contribution in [2.75, 3.05) is 7.05 Å². The van der Waals surface area contributed by atoms with E-state index in [1.54, 1.807) is 0 Å². The predicted molar refractivity (Wildman–Crippen MR) is 65.7 cm³/mol. The number of hydrogen-bond donors (Lipinski definition) is 1. The van der Waals surface area contributed by atoms with Gasteiger partial charge in [-0.2, -0.15) is 0 Å². The molecule has 3 heteroatoms. The van der Waals surface area contributed by atoms with Crippen LogP contribution in [0.1, 0.15) is 23.3 Å². The van der Waals surface area contributed by atoms with Crippen molar-refractivity contribution >= 4 is 0 Å². The molecule has 0 spiro atoms. The summed E-state index contributed by atoms with van der Waals surface area (Å²) in [7, 11) is 2.03. The van der Waals surface area contributed by atoms with Crippen LogP contribution in [0, 0.1) is 0 Å². The van der Waals surface area contributed by atoms with Crippen LogP contribution in [-0.4, -0.2) is 12.2 Å². The molecule has 1 aliphatic rings. The molecule has 88 valence electrons. The van der Waals surface area contributed by atoms with Crippen LogP contribution in [0.15, 0.2) is 41.1 Å². The molecule has 3 rings (SSSR count). The summed E-state index contributed by atoms with van der Waals surface area (Å²) in [4.78, 5) is 0. The van der Waals surface area contributed by atoms with E-state index in [2.05, 4.69) is 40.8 Å². The van der Waals surface area contributed by atoms with E-state index in [0.717, 1.165) is 25.0 Å². The minimum Gasteiger partial charge on any atom is -0.361 e. The number of likely N-dealkylation sites (N-methyl/N-ethyl adjacent to an activating group) is 1. The molecule has 0 saturated carbocycles. The second kappa shape index (κ2) is 4.00. The maximum Gasteiger partial charge on any atom is 0.140 e. The highest BCUT2D eigenvalue weighted by atomic mass is 16.5. The number of benzene rings is 1. The Balaban J connectivity index is 2.01. The minimum atomic E-state index is 0.0276. The van der Waals surface area contributed by atoms with E-state index >= 15 is 0 Å². The predicted octanol–water partition coefficient (Wildman–Crippen LogP) is 2.28. The normalized spacial score (nSPS) is 23.4. The standard InChI is InChI=1S/C14H16N2O/c1-15-14(12-5-3-2-4-6-12)8-7-13-11(9-14)10-16-17-13/h2-6,10,15H,7-9H2,1H3. The molecule has 1 aliphatic carbocycles. The van der Waals surface area contributed by atoms with Crippen molar-refractivity contribution in [1.29, 1.82) is 0 Å². The van der Waals surface area contributed by atoms with Crippen molar-refractivity contribution in [3.8, 4) is 0 Å². The van der Waals surface area contributed by atoms with E-state index in [1.807, 2.05) is 13.2 Å². The summed E-state index contributed by atoms with van der Waals surface area (Å²) >= 11 is 0. The summed E-state index contributed by atoms with van der Waals surface area (Å²) in [5, 5.41) is 7.39. The summed E-state index contributed by atoms with van der Waals surface area (Å²) in [6, 6.07) is 10.6. The molecule has 0 radical (unpaired) electrons. The van der Waals surface area contributed by atoms with Gasteiger partial charge in [0.25, 0.3) is 0 Å². The average Bonchev–Trinajstić information content (AvgIpc) is 2.86. The molecule has 0 saturated heterocycles. The number of rotatable bonds is 2. The fourth-order valence-electron chi connectivity index (χ4n) is 2.74. The fourth-order valence-corrected chi connectivity index (χ4v) is 2.74. The Bertz CT molecular complexity index is 506. The third kappa shape index (κ3) is 1.67. The first-order valence-electron chi connectivity index (χ1n) is 6.01. The van der Waals surface area contributed by atoms with Crippen LogP contribution >= 0.6 is 0 Å². The zero-order valence-corrected chi connectivity index (χ0v) is 9.94. The van der Waals surface area contributed by atoms with Gasteiger partial charge in [0.1, 0.15) is 5.76 Å². The third-order valence-electron chi connectivity index (χ3n) is 3.81. The Morgan fingerprint density at radius 2 is 2.12 bits per heavy atom. The van der Waals surface area contributed by atoms with E-state index in [4.69, 9.17) is 4.52 Å². The number of fused-ring (bicyclic) bond motifs is 1. The summed E-state index contributed by atoms with van der Waals surface area (Å²) < 4.78 is 5.25. The number of aryl methyl sites for hydroxylation is 1. The molecule has 3 nitrogen and oxygen atoms in total. The molecule has 1 aromatic heterocycles. The summed E-state index contributed by atoms with van der Waals surface area (Å²) in [6.07, 6.45) is 4.80. The lowest BCUT2D eigenvalue weighted by molar-refractivity contribution is 0.284. The largest absolute Gasteiger partial charge is 0.361 e. The quantitative estimate of drug-likeness (QED) is 0.857. The Morgan fingerprint density at radius 3 is 2.88 bits per heavy atom. The molecule has 0 fully saturated rings. The van der Waals surface area contributed by atoms with Gasteiger partial charge in [0.2, 0.25) is 0 Å². The highest BCUT2D eigenvalue weighted by Crippen LogP contribution is 2.35. The van der Waals surface area contributed by atoms with Gasteiger partial charge in [-0.25, -0.2) is 0 Å². The molecule has 1 aromatic carbocycles. The molecule has 17 heavy (non-hydrogen) atoms. The van der Waals surface area contributed by atoms with Gasteiger partial charge in [-0.1, -0.05) is 35.5 Å². The van der Waals surface area contributed by atoms with Crippen molar-refractivity contribution in [3.63, 3.8) is 0 Å². The summed E-state index contributed by atoms with van der Waals surface area (Å²) in [5.41, 5.74) is 2.60. The van der Waals surface area contributed by atoms with E-state index in [9.17, 15) is 0 Å². The van der Waals surface area contributed by atoms with Crippen molar-refractivity contribution in [2.24, 2.45) is 0 Å². The Hall–Kier alpha value is -1.61. The monoisotopic (exact) mass is 228 g/mol. The van der Waals surface area contributed by atoms with E-state index in [0.29, 0.717) is 0 Å². The second-order valence-electron chi connectivity index (χ2n) is 4.65. The molecule has 1 heterocycles. The van der Waals surface area contributed by atoms with Crippen molar-refractivity contribution in [1.82, 2.24) is 10.5 Å². The van der Waals surface area contributed by atoms with Gasteiger partial charge in [-0.15, -0.1) is 0 Å². The summed E-state index contributed by atoms with van der Waals surface area (Å²) in [5.74, 6) is 1.05. The molecule has 1 atom stereocenters. The maximum absolute atomic E-state index is 5.25. The van der Waals surface area contributed by atoms with Gasteiger partial charge < -0.3 is 9.84 Å². The lowest BCUT2D eigenvalue weighted by Crippen LogP contribution is -2.44. The molecule has 1 unspecified atom stereocenters. The zero-order chi connectivity index (χ0) is 11.7. The van der Waals surface area contributed by atoms with Crippen LogP contribution in [0.5, 0.6) is 0 Å². The number of nitrogens with one attached hydrogen (secondary N) is 1. The molecular weight excluding hydrogens is 212 g/mol. The zero-order valence-electron chi connectivity index (χ0n) is 9.94. The minimum absolute atomic E-state index is 0.0276. The van der Waals surface area contributed by atoms with Crippen molar-refractivity contribution in [3.05, 3.63) is 53.4 Å². The first-order valence-corrected chi connectivity index (χ1v) is 6.01. The number of hydrogen-bond acceptors (Lipinski definition) is 3. The second-order valence-corrected chi connectivity index (χ2v) is 4.65. The van der Waals surface area contributed by atoms with Crippen molar-refractivity contribution in [2.45, 2.75) is 24.8 Å². The average molecular weight is 228 g/mol. The van der Waals surface area contributed by atoms with Crippen molar-refractivity contribution < 1.29 is 4.52 Å². The van der Waals surface area contributed by atoms with Crippen LogP contribution in [0.3, 0.4) is 0 Å². The molecule has 0 amide bonds. The van der Waals surface area contributed by atoms with Crippen LogP contribution in [0.4, 0.5) is 0 Å².